The fourth-order valence-electron chi connectivity index (χ4n) is 1.60. The largest absolute Gasteiger partial charge is 0.508 e. The Labute approximate surface area is 109 Å². The minimum atomic E-state index is -0.178. The fraction of sp³-hybridized carbons (Fsp3) is 0.571. The minimum Gasteiger partial charge on any atom is -0.508 e. The van der Waals surface area contributed by atoms with Crippen LogP contribution >= 0.6 is 0 Å². The molecule has 0 aliphatic rings. The van der Waals surface area contributed by atoms with Gasteiger partial charge in [-0.1, -0.05) is 13.8 Å². The third kappa shape index (κ3) is 3.89. The lowest BCUT2D eigenvalue weighted by molar-refractivity contribution is 0.153. The summed E-state index contributed by atoms with van der Waals surface area (Å²) in [6.07, 6.45) is 0. The fourth-order valence-corrected chi connectivity index (χ4v) is 1.60. The highest BCUT2D eigenvalue weighted by atomic mass is 16.5. The van der Waals surface area contributed by atoms with E-state index in [1.807, 2.05) is 26.8 Å². The Kier molecular flexibility index (Phi) is 4.99. The van der Waals surface area contributed by atoms with Gasteiger partial charge in [-0.25, -0.2) is 0 Å². The van der Waals surface area contributed by atoms with Crippen molar-refractivity contribution in [2.24, 2.45) is 5.41 Å². The smallest absolute Gasteiger partial charge is 0.120 e. The lowest BCUT2D eigenvalue weighted by atomic mass is 9.94. The average molecular weight is 253 g/mol. The van der Waals surface area contributed by atoms with E-state index < -0.39 is 0 Å². The van der Waals surface area contributed by atoms with Crippen LogP contribution < -0.4 is 10.1 Å². The van der Waals surface area contributed by atoms with Gasteiger partial charge in [0.25, 0.3) is 0 Å². The molecule has 0 fully saturated rings. The highest BCUT2D eigenvalue weighted by Gasteiger charge is 2.19. The molecule has 0 saturated carbocycles. The lowest BCUT2D eigenvalue weighted by Gasteiger charge is -2.25. The van der Waals surface area contributed by atoms with Crippen LogP contribution in [0, 0.1) is 5.41 Å². The van der Waals surface area contributed by atoms with E-state index in [9.17, 15) is 10.2 Å². The molecule has 102 valence electrons. The number of ether oxygens (including phenoxy) is 1. The quantitative estimate of drug-likeness (QED) is 0.726. The molecular formula is C14H23NO3. The predicted octanol–water partition coefficient (Wildman–Crippen LogP) is 2.07. The number of rotatable bonds is 6. The van der Waals surface area contributed by atoms with Crippen molar-refractivity contribution >= 4 is 0 Å². The first-order valence-corrected chi connectivity index (χ1v) is 6.11. The van der Waals surface area contributed by atoms with Crippen molar-refractivity contribution in [3.63, 3.8) is 0 Å². The first-order chi connectivity index (χ1) is 8.39. The summed E-state index contributed by atoms with van der Waals surface area (Å²) < 4.78 is 5.15. The molecule has 0 heterocycles. The topological polar surface area (TPSA) is 61.7 Å². The third-order valence-corrected chi connectivity index (χ3v) is 3.02. The highest BCUT2D eigenvalue weighted by molar-refractivity contribution is 5.41. The zero-order valence-electron chi connectivity index (χ0n) is 11.5. The first kappa shape index (κ1) is 14.8. The van der Waals surface area contributed by atoms with Crippen LogP contribution in [0.5, 0.6) is 11.5 Å². The molecule has 0 bridgehead atoms. The van der Waals surface area contributed by atoms with Crippen molar-refractivity contribution in [2.45, 2.75) is 26.8 Å². The van der Waals surface area contributed by atoms with Crippen LogP contribution in [-0.4, -0.2) is 30.5 Å². The summed E-state index contributed by atoms with van der Waals surface area (Å²) in [7, 11) is 1.60. The molecule has 3 N–H and O–H groups in total. The highest BCUT2D eigenvalue weighted by Crippen LogP contribution is 2.28. The van der Waals surface area contributed by atoms with Gasteiger partial charge in [0.15, 0.2) is 0 Å². The zero-order valence-corrected chi connectivity index (χ0v) is 11.5. The van der Waals surface area contributed by atoms with Gasteiger partial charge < -0.3 is 20.3 Å². The summed E-state index contributed by atoms with van der Waals surface area (Å²) in [6, 6.07) is 5.16. The van der Waals surface area contributed by atoms with Gasteiger partial charge >= 0.3 is 0 Å². The molecule has 1 unspecified atom stereocenters. The van der Waals surface area contributed by atoms with Crippen LogP contribution in [0.3, 0.4) is 0 Å². The summed E-state index contributed by atoms with van der Waals surface area (Å²) >= 11 is 0. The van der Waals surface area contributed by atoms with Crippen molar-refractivity contribution < 1.29 is 14.9 Å². The number of phenols is 1. The maximum Gasteiger partial charge on any atom is 0.120 e. The van der Waals surface area contributed by atoms with Gasteiger partial charge in [-0.3, -0.25) is 0 Å². The standard InChI is InChI=1S/C14H23NO3/c1-10(15-8-14(2,3)9-16)12-7-11(18-4)5-6-13(12)17/h5-7,10,15-17H,8-9H2,1-4H3. The molecule has 4 nitrogen and oxygen atoms in total. The van der Waals surface area contributed by atoms with Crippen LogP contribution in [0.2, 0.25) is 0 Å². The van der Waals surface area contributed by atoms with E-state index in [4.69, 9.17) is 4.74 Å². The summed E-state index contributed by atoms with van der Waals surface area (Å²) in [5.41, 5.74) is 0.617. The molecular weight excluding hydrogens is 230 g/mol. The molecule has 0 saturated heterocycles. The van der Waals surface area contributed by atoms with Gasteiger partial charge in [0.2, 0.25) is 0 Å². The van der Waals surface area contributed by atoms with Crippen molar-refractivity contribution in [1.82, 2.24) is 5.32 Å². The molecule has 1 atom stereocenters. The minimum absolute atomic E-state index is 0.00840. The molecule has 1 rings (SSSR count). The van der Waals surface area contributed by atoms with E-state index in [1.54, 1.807) is 19.2 Å². The third-order valence-electron chi connectivity index (χ3n) is 3.02. The average Bonchev–Trinajstić information content (AvgIpc) is 2.36. The molecule has 0 aromatic heterocycles. The molecule has 4 heteroatoms. The first-order valence-electron chi connectivity index (χ1n) is 6.11. The number of aliphatic hydroxyl groups is 1. The van der Waals surface area contributed by atoms with Crippen LogP contribution in [0.25, 0.3) is 0 Å². The Morgan fingerprint density at radius 1 is 1.39 bits per heavy atom. The molecule has 0 spiro atoms. The van der Waals surface area contributed by atoms with Crippen LogP contribution in [0.1, 0.15) is 32.4 Å². The number of hydrogen-bond donors (Lipinski definition) is 3. The monoisotopic (exact) mass is 253 g/mol. The Morgan fingerprint density at radius 2 is 2.06 bits per heavy atom. The second-order valence-electron chi connectivity index (χ2n) is 5.35. The molecule has 0 aliphatic carbocycles. The number of aromatic hydroxyl groups is 1. The SMILES string of the molecule is COc1ccc(O)c(C(C)NCC(C)(C)CO)c1. The van der Waals surface area contributed by atoms with Gasteiger partial charge in [-0.05, 0) is 25.1 Å². The van der Waals surface area contributed by atoms with E-state index >= 15 is 0 Å². The maximum absolute atomic E-state index is 9.84. The summed E-state index contributed by atoms with van der Waals surface area (Å²) in [6.45, 7) is 6.73. The van der Waals surface area contributed by atoms with Gasteiger partial charge in [0, 0.05) is 30.2 Å². The van der Waals surface area contributed by atoms with Crippen molar-refractivity contribution in [2.75, 3.05) is 20.3 Å². The number of nitrogens with one attached hydrogen (secondary N) is 1. The normalized spacial score (nSPS) is 13.4. The number of hydrogen-bond acceptors (Lipinski definition) is 4. The Morgan fingerprint density at radius 3 is 2.61 bits per heavy atom. The summed E-state index contributed by atoms with van der Waals surface area (Å²) in [5, 5.41) is 22.4. The van der Waals surface area contributed by atoms with E-state index in [0.29, 0.717) is 6.54 Å². The van der Waals surface area contributed by atoms with E-state index in [0.717, 1.165) is 11.3 Å². The predicted molar refractivity (Wildman–Crippen MR) is 71.9 cm³/mol. The molecule has 18 heavy (non-hydrogen) atoms. The van der Waals surface area contributed by atoms with Gasteiger partial charge in [0.05, 0.1) is 7.11 Å². The Hall–Kier alpha value is -1.26. The maximum atomic E-state index is 9.84. The van der Waals surface area contributed by atoms with Gasteiger partial charge in [-0.15, -0.1) is 0 Å². The van der Waals surface area contributed by atoms with Crippen molar-refractivity contribution in [3.8, 4) is 11.5 Å². The zero-order chi connectivity index (χ0) is 13.8. The van der Waals surface area contributed by atoms with E-state index in [-0.39, 0.29) is 23.8 Å². The van der Waals surface area contributed by atoms with Gasteiger partial charge in [0.1, 0.15) is 11.5 Å². The Bertz CT molecular complexity index is 391. The van der Waals surface area contributed by atoms with Crippen LogP contribution in [-0.2, 0) is 0 Å². The molecule has 0 aliphatic heterocycles. The van der Waals surface area contributed by atoms with E-state index in [1.165, 1.54) is 0 Å². The second-order valence-corrected chi connectivity index (χ2v) is 5.35. The summed E-state index contributed by atoms with van der Waals surface area (Å²) in [4.78, 5) is 0. The second kappa shape index (κ2) is 6.07. The van der Waals surface area contributed by atoms with Crippen molar-refractivity contribution in [3.05, 3.63) is 23.8 Å². The number of aliphatic hydroxyl groups excluding tert-OH is 1. The van der Waals surface area contributed by atoms with Gasteiger partial charge in [-0.2, -0.15) is 0 Å². The number of phenolic OH excluding ortho intramolecular Hbond substituents is 1. The molecule has 0 radical (unpaired) electrons. The molecule has 1 aromatic carbocycles. The Balaban J connectivity index is 2.74. The van der Waals surface area contributed by atoms with Crippen LogP contribution in [0.4, 0.5) is 0 Å². The molecule has 0 amide bonds. The van der Waals surface area contributed by atoms with Crippen molar-refractivity contribution in [1.29, 1.82) is 0 Å². The lowest BCUT2D eigenvalue weighted by Crippen LogP contribution is -2.33. The number of benzene rings is 1. The number of methoxy groups -OCH3 is 1. The summed E-state index contributed by atoms with van der Waals surface area (Å²) in [5.74, 6) is 0.968. The van der Waals surface area contributed by atoms with E-state index in [2.05, 4.69) is 5.32 Å². The molecule has 1 aromatic rings. The van der Waals surface area contributed by atoms with Crippen LogP contribution in [0.15, 0.2) is 18.2 Å².